The Kier molecular flexibility index (Phi) is 7.16. The molecule has 0 radical (unpaired) electrons. The lowest BCUT2D eigenvalue weighted by atomic mass is 9.99. The summed E-state index contributed by atoms with van der Waals surface area (Å²) in [7, 11) is -4.00. The molecule has 2 aromatic carbocycles. The minimum atomic E-state index is -4.00. The van der Waals surface area contributed by atoms with Gasteiger partial charge in [0.2, 0.25) is 15.9 Å². The van der Waals surface area contributed by atoms with Crippen LogP contribution in [0.1, 0.15) is 29.9 Å². The zero-order valence-electron chi connectivity index (χ0n) is 18.4. The molecule has 1 amide bonds. The Balaban J connectivity index is 1.54. The number of carbonyl (C=O) groups excluding carboxylic acids is 1. The van der Waals surface area contributed by atoms with E-state index >= 15 is 0 Å². The number of amides is 1. The second-order valence-electron chi connectivity index (χ2n) is 8.01. The Morgan fingerprint density at radius 1 is 1.21 bits per heavy atom. The van der Waals surface area contributed by atoms with Gasteiger partial charge in [0.05, 0.1) is 5.92 Å². The molecule has 1 saturated heterocycles. The van der Waals surface area contributed by atoms with E-state index in [9.17, 15) is 17.6 Å². The highest BCUT2D eigenvalue weighted by atomic mass is 35.5. The van der Waals surface area contributed by atoms with Crippen molar-refractivity contribution in [1.29, 1.82) is 0 Å². The van der Waals surface area contributed by atoms with Crippen LogP contribution >= 0.6 is 11.6 Å². The van der Waals surface area contributed by atoms with Crippen LogP contribution in [0.25, 0.3) is 12.2 Å². The first-order chi connectivity index (χ1) is 16.3. The van der Waals surface area contributed by atoms with Crippen molar-refractivity contribution < 1.29 is 22.1 Å². The summed E-state index contributed by atoms with van der Waals surface area (Å²) in [5.41, 5.74) is 1.07. The predicted molar refractivity (Wildman–Crippen MR) is 128 cm³/mol. The summed E-state index contributed by atoms with van der Waals surface area (Å²) in [4.78, 5) is 12.7. The lowest BCUT2D eigenvalue weighted by molar-refractivity contribution is -0.120. The number of anilines is 1. The van der Waals surface area contributed by atoms with E-state index in [0.717, 1.165) is 0 Å². The van der Waals surface area contributed by atoms with Crippen molar-refractivity contribution in [2.75, 3.05) is 18.4 Å². The van der Waals surface area contributed by atoms with Crippen LogP contribution in [0.5, 0.6) is 0 Å². The second-order valence-corrected chi connectivity index (χ2v) is 10.3. The number of nitrogens with one attached hydrogen (secondary N) is 1. The van der Waals surface area contributed by atoms with E-state index in [-0.39, 0.29) is 40.9 Å². The highest BCUT2D eigenvalue weighted by Gasteiger charge is 2.37. The Morgan fingerprint density at radius 3 is 2.68 bits per heavy atom. The lowest BCUT2D eigenvalue weighted by Crippen LogP contribution is -2.43. The normalized spacial score (nSPS) is 17.2. The van der Waals surface area contributed by atoms with Crippen molar-refractivity contribution in [3.63, 3.8) is 0 Å². The molecule has 2 heterocycles. The van der Waals surface area contributed by atoms with Gasteiger partial charge in [0.15, 0.2) is 10.7 Å². The maximum atomic E-state index is 13.9. The number of sulfonamides is 1. The number of hydrogen-bond donors (Lipinski definition) is 1. The first-order valence-corrected chi connectivity index (χ1v) is 12.5. The van der Waals surface area contributed by atoms with Crippen molar-refractivity contribution in [3.8, 4) is 0 Å². The Morgan fingerprint density at radius 2 is 1.94 bits per heavy atom. The van der Waals surface area contributed by atoms with Gasteiger partial charge in [0.1, 0.15) is 11.5 Å². The second kappa shape index (κ2) is 10.1. The lowest BCUT2D eigenvalue weighted by Gasteiger charge is -2.31. The summed E-state index contributed by atoms with van der Waals surface area (Å²) in [5.74, 6) is -1.21. The maximum Gasteiger partial charge on any atom is 0.248 e. The molecule has 7 nitrogen and oxygen atoms in total. The average Bonchev–Trinajstić information content (AvgIpc) is 3.21. The maximum absolute atomic E-state index is 13.9. The summed E-state index contributed by atoms with van der Waals surface area (Å²) in [6.45, 7) is 1.84. The van der Waals surface area contributed by atoms with Crippen LogP contribution in [0.15, 0.2) is 57.9 Å². The number of halogens is 2. The fourth-order valence-electron chi connectivity index (χ4n) is 3.86. The summed E-state index contributed by atoms with van der Waals surface area (Å²) >= 11 is 5.88. The van der Waals surface area contributed by atoms with E-state index in [2.05, 4.69) is 10.5 Å². The van der Waals surface area contributed by atoms with Crippen molar-refractivity contribution in [1.82, 2.24) is 9.46 Å². The summed E-state index contributed by atoms with van der Waals surface area (Å²) in [5, 5.41) is 7.18. The van der Waals surface area contributed by atoms with Crippen LogP contribution in [-0.2, 0) is 14.8 Å². The van der Waals surface area contributed by atoms with Crippen LogP contribution in [0.3, 0.4) is 0 Å². The molecule has 1 N–H and O–H groups in total. The van der Waals surface area contributed by atoms with Crippen molar-refractivity contribution in [3.05, 3.63) is 76.4 Å². The van der Waals surface area contributed by atoms with Gasteiger partial charge in [0, 0.05) is 29.4 Å². The number of nitrogens with zero attached hydrogens (tertiary/aromatic N) is 2. The number of aryl methyl sites for hydroxylation is 1. The number of aromatic nitrogens is 1. The molecule has 3 aromatic rings. The molecule has 0 aliphatic carbocycles. The zero-order valence-corrected chi connectivity index (χ0v) is 19.9. The van der Waals surface area contributed by atoms with Gasteiger partial charge in [-0.25, -0.2) is 12.8 Å². The van der Waals surface area contributed by atoms with Gasteiger partial charge in [-0.15, -0.1) is 0 Å². The molecule has 1 fully saturated rings. The van der Waals surface area contributed by atoms with E-state index in [1.54, 1.807) is 42.5 Å². The molecular weight excluding hydrogens is 481 g/mol. The quantitative estimate of drug-likeness (QED) is 0.512. The fourth-order valence-corrected chi connectivity index (χ4v) is 5.76. The third-order valence-electron chi connectivity index (χ3n) is 5.62. The molecule has 0 saturated carbocycles. The van der Waals surface area contributed by atoms with Gasteiger partial charge in [-0.2, -0.15) is 4.31 Å². The third-order valence-corrected chi connectivity index (χ3v) is 7.89. The van der Waals surface area contributed by atoms with Gasteiger partial charge in [-0.05, 0) is 62.2 Å². The Hall–Kier alpha value is -3.01. The van der Waals surface area contributed by atoms with Gasteiger partial charge >= 0.3 is 0 Å². The van der Waals surface area contributed by atoms with Crippen molar-refractivity contribution in [2.45, 2.75) is 24.7 Å². The number of rotatable bonds is 6. The number of piperidine rings is 1. The van der Waals surface area contributed by atoms with Crippen LogP contribution in [-0.4, -0.2) is 36.9 Å². The van der Waals surface area contributed by atoms with Crippen LogP contribution in [0, 0.1) is 18.7 Å². The summed E-state index contributed by atoms with van der Waals surface area (Å²) < 4.78 is 47.5. The number of benzene rings is 2. The number of carbonyl (C=O) groups is 1. The highest BCUT2D eigenvalue weighted by Crippen LogP contribution is 2.30. The van der Waals surface area contributed by atoms with E-state index < -0.39 is 21.8 Å². The third kappa shape index (κ3) is 5.22. The highest BCUT2D eigenvalue weighted by molar-refractivity contribution is 7.89. The largest absolute Gasteiger partial charge is 0.355 e. The van der Waals surface area contributed by atoms with Crippen molar-refractivity contribution in [2.24, 2.45) is 5.92 Å². The fraction of sp³-hybridized carbons (Fsp3) is 0.250. The SMILES string of the molecule is Cc1noc(C=Cc2ccccc2F)c1S(=O)(=O)N1CCCC(C(=O)Nc2ccc(Cl)cc2)C1. The molecule has 0 spiro atoms. The molecule has 1 aromatic heterocycles. The molecule has 1 atom stereocenters. The zero-order chi connectivity index (χ0) is 24.3. The molecule has 1 aliphatic rings. The molecule has 1 aliphatic heterocycles. The van der Waals surface area contributed by atoms with Gasteiger partial charge in [0.25, 0.3) is 0 Å². The van der Waals surface area contributed by atoms with Crippen molar-refractivity contribution >= 4 is 45.4 Å². The summed E-state index contributed by atoms with van der Waals surface area (Å²) in [6, 6.07) is 12.8. The smallest absolute Gasteiger partial charge is 0.248 e. The van der Waals surface area contributed by atoms with Crippen LogP contribution in [0.2, 0.25) is 5.02 Å². The van der Waals surface area contributed by atoms with Gasteiger partial charge < -0.3 is 9.84 Å². The van der Waals surface area contributed by atoms with Crippen LogP contribution < -0.4 is 5.32 Å². The minimum Gasteiger partial charge on any atom is -0.355 e. The van der Waals surface area contributed by atoms with Gasteiger partial charge in [-0.1, -0.05) is 35.0 Å². The van der Waals surface area contributed by atoms with Crippen LogP contribution in [0.4, 0.5) is 10.1 Å². The molecule has 178 valence electrons. The predicted octanol–water partition coefficient (Wildman–Crippen LogP) is 4.99. The standard InChI is InChI=1S/C24H23ClFN3O4S/c1-16-23(22(33-28-16)13-8-17-5-2-3-7-21(17)26)34(31,32)29-14-4-6-18(15-29)24(30)27-20-11-9-19(25)10-12-20/h2-3,5,7-13,18H,4,6,14-15H2,1H3,(H,27,30). The van der Waals surface area contributed by atoms with E-state index in [4.69, 9.17) is 16.1 Å². The minimum absolute atomic E-state index is 0.00786. The molecule has 34 heavy (non-hydrogen) atoms. The number of hydrogen-bond acceptors (Lipinski definition) is 5. The molecule has 4 rings (SSSR count). The first kappa shape index (κ1) is 24.1. The Labute approximate surface area is 202 Å². The molecule has 0 bridgehead atoms. The molecular formula is C24H23ClFN3O4S. The van der Waals surface area contributed by atoms with E-state index in [1.807, 2.05) is 0 Å². The summed E-state index contributed by atoms with van der Waals surface area (Å²) in [6.07, 6.45) is 3.92. The Bertz CT molecular complexity index is 1320. The topological polar surface area (TPSA) is 92.5 Å². The molecule has 10 heteroatoms. The van der Waals surface area contributed by atoms with Gasteiger partial charge in [-0.3, -0.25) is 4.79 Å². The van der Waals surface area contributed by atoms with E-state index in [1.165, 1.54) is 29.4 Å². The van der Waals surface area contributed by atoms with E-state index in [0.29, 0.717) is 23.6 Å². The average molecular weight is 504 g/mol. The molecule has 1 unspecified atom stereocenters. The first-order valence-electron chi connectivity index (χ1n) is 10.7. The monoisotopic (exact) mass is 503 g/mol.